The van der Waals surface area contributed by atoms with Crippen LogP contribution in [0, 0.1) is 0 Å². The van der Waals surface area contributed by atoms with Crippen LogP contribution in [0.5, 0.6) is 0 Å². The summed E-state index contributed by atoms with van der Waals surface area (Å²) in [5, 5.41) is 7.83. The van der Waals surface area contributed by atoms with Crippen LogP contribution in [0.15, 0.2) is 107 Å². The van der Waals surface area contributed by atoms with Gasteiger partial charge in [0.25, 0.3) is 0 Å². The molecule has 0 atom stereocenters. The van der Waals surface area contributed by atoms with Crippen molar-refractivity contribution >= 4 is 86.3 Å². The van der Waals surface area contributed by atoms with Crippen LogP contribution in [-0.4, -0.2) is 99.8 Å². The number of ether oxygens (including phenoxy) is 2. The minimum Gasteiger partial charge on any atom is -0.377 e. The van der Waals surface area contributed by atoms with E-state index in [1.54, 1.807) is 79.8 Å². The van der Waals surface area contributed by atoms with Gasteiger partial charge in [0.1, 0.15) is 0 Å². The fraction of sp³-hybridized carbons (Fsp3) is 0.440. The van der Waals surface area contributed by atoms with E-state index in [0.717, 1.165) is 98.8 Å². The summed E-state index contributed by atoms with van der Waals surface area (Å²) in [5.74, 6) is 0.498. The molecule has 5 heterocycles. The zero-order valence-electron chi connectivity index (χ0n) is 38.8. The van der Waals surface area contributed by atoms with Crippen LogP contribution in [0.3, 0.4) is 0 Å². The van der Waals surface area contributed by atoms with Gasteiger partial charge in [-0.05, 0) is 111 Å². The SMILES string of the molecule is C1COCCO1.CCCCC(=O)Nc1ccc(S(=O)(=O)N2CCC(c3nc4ccccc4s3)CC2)cc1.CCCCC(=O)Nc1ccc(S(=O)(=O)N2CCC(c3nc4ccccc4s3)CC2)cc1. The van der Waals surface area contributed by atoms with E-state index in [4.69, 9.17) is 19.4 Å². The largest absolute Gasteiger partial charge is 0.377 e. The number of para-hydroxylation sites is 2. The van der Waals surface area contributed by atoms with Gasteiger partial charge in [-0.2, -0.15) is 8.61 Å². The van der Waals surface area contributed by atoms with E-state index >= 15 is 0 Å². The van der Waals surface area contributed by atoms with Crippen molar-refractivity contribution in [2.24, 2.45) is 0 Å². The van der Waals surface area contributed by atoms with Crippen molar-refractivity contribution in [3.63, 3.8) is 0 Å². The molecule has 4 aromatic carbocycles. The molecular formula is C50H62N6O8S4. The topological polar surface area (TPSA) is 177 Å². The lowest BCUT2D eigenvalue weighted by Gasteiger charge is -2.30. The van der Waals surface area contributed by atoms with E-state index in [-0.39, 0.29) is 21.6 Å². The Morgan fingerprint density at radius 1 is 0.559 bits per heavy atom. The first-order valence-electron chi connectivity index (χ1n) is 23.6. The predicted molar refractivity (Wildman–Crippen MR) is 272 cm³/mol. The zero-order chi connectivity index (χ0) is 47.9. The number of carbonyl (C=O) groups is 2. The first-order valence-corrected chi connectivity index (χ1v) is 28.1. The van der Waals surface area contributed by atoms with Gasteiger partial charge in [-0.3, -0.25) is 9.59 Å². The third kappa shape index (κ3) is 13.8. The average molecular weight is 1000 g/mol. The second kappa shape index (κ2) is 24.8. The molecule has 0 radical (unpaired) electrons. The number of hydrogen-bond acceptors (Lipinski definition) is 12. The maximum atomic E-state index is 13.1. The zero-order valence-corrected chi connectivity index (χ0v) is 42.1. The van der Waals surface area contributed by atoms with E-state index in [1.165, 1.54) is 9.40 Å². The smallest absolute Gasteiger partial charge is 0.243 e. The van der Waals surface area contributed by atoms with Crippen molar-refractivity contribution in [1.82, 2.24) is 18.6 Å². The van der Waals surface area contributed by atoms with Crippen LogP contribution in [0.4, 0.5) is 11.4 Å². The number of unbranched alkanes of at least 4 members (excludes halogenated alkanes) is 2. The van der Waals surface area contributed by atoms with E-state index in [2.05, 4.69) is 22.8 Å². The molecule has 364 valence electrons. The summed E-state index contributed by atoms with van der Waals surface area (Å²) in [6.45, 7) is 9.12. The van der Waals surface area contributed by atoms with Crippen LogP contribution in [0.2, 0.25) is 0 Å². The van der Waals surface area contributed by atoms with E-state index in [9.17, 15) is 26.4 Å². The number of nitrogens with one attached hydrogen (secondary N) is 2. The molecule has 2 amide bonds. The minimum atomic E-state index is -3.55. The van der Waals surface area contributed by atoms with Crippen molar-refractivity contribution in [2.45, 2.75) is 99.7 Å². The van der Waals surface area contributed by atoms with Crippen molar-refractivity contribution in [2.75, 3.05) is 63.2 Å². The highest BCUT2D eigenvalue weighted by Gasteiger charge is 2.33. The second-order valence-electron chi connectivity index (χ2n) is 17.0. The summed E-state index contributed by atoms with van der Waals surface area (Å²) in [4.78, 5) is 33.7. The number of rotatable bonds is 14. The Labute approximate surface area is 408 Å². The molecule has 18 heteroatoms. The van der Waals surface area contributed by atoms with Gasteiger partial charge in [0.05, 0.1) is 66.7 Å². The molecule has 3 aliphatic heterocycles. The van der Waals surface area contributed by atoms with Gasteiger partial charge in [0, 0.05) is 62.2 Å². The van der Waals surface area contributed by atoms with Crippen molar-refractivity contribution in [3.8, 4) is 0 Å². The molecule has 68 heavy (non-hydrogen) atoms. The second-order valence-corrected chi connectivity index (χ2v) is 23.0. The molecule has 14 nitrogen and oxygen atoms in total. The fourth-order valence-electron chi connectivity index (χ4n) is 8.10. The molecule has 3 saturated heterocycles. The monoisotopic (exact) mass is 1000 g/mol. The van der Waals surface area contributed by atoms with Gasteiger partial charge in [0.2, 0.25) is 31.9 Å². The molecule has 0 saturated carbocycles. The highest BCUT2D eigenvalue weighted by atomic mass is 32.2. The Morgan fingerprint density at radius 2 is 0.912 bits per heavy atom. The van der Waals surface area contributed by atoms with Crippen LogP contribution < -0.4 is 10.6 Å². The number of thiazole rings is 2. The number of hydrogen-bond donors (Lipinski definition) is 2. The number of anilines is 2. The molecule has 0 unspecified atom stereocenters. The van der Waals surface area contributed by atoms with Crippen LogP contribution in [-0.2, 0) is 39.1 Å². The van der Waals surface area contributed by atoms with Gasteiger partial charge in [-0.25, -0.2) is 26.8 Å². The Bertz CT molecular complexity index is 2520. The first kappa shape index (κ1) is 51.2. The Balaban J connectivity index is 0.000000179. The first-order chi connectivity index (χ1) is 32.9. The maximum absolute atomic E-state index is 13.1. The molecule has 3 fully saturated rings. The van der Waals surface area contributed by atoms with E-state index in [1.807, 2.05) is 50.2 Å². The van der Waals surface area contributed by atoms with Crippen LogP contribution in [0.1, 0.15) is 99.9 Å². The quantitative estimate of drug-likeness (QED) is 0.107. The van der Waals surface area contributed by atoms with Gasteiger partial charge >= 0.3 is 0 Å². The van der Waals surface area contributed by atoms with E-state index in [0.29, 0.717) is 62.2 Å². The molecule has 6 aromatic rings. The standard InChI is InChI=1S/2C23H27N3O3S2.C4H8O2/c2*1-2-3-8-22(27)24-18-9-11-19(12-10-18)31(28,29)26-15-13-17(14-16-26)23-25-20-6-4-5-7-21(20)30-23;1-2-6-4-3-5-1/h2*4-7,9-12,17H,2-3,8,13-16H2,1H3,(H,24,27);1-4H2. The molecule has 0 spiro atoms. The molecule has 3 aliphatic rings. The van der Waals surface area contributed by atoms with Crippen molar-refractivity contribution < 1.29 is 35.9 Å². The summed E-state index contributed by atoms with van der Waals surface area (Å²) < 4.78 is 67.6. The van der Waals surface area contributed by atoms with Gasteiger partial charge in [0.15, 0.2) is 0 Å². The molecule has 0 aliphatic carbocycles. The molecular weight excluding hydrogens is 941 g/mol. The van der Waals surface area contributed by atoms with Gasteiger partial charge in [-0.15, -0.1) is 22.7 Å². The Hall–Kier alpha value is -4.66. The summed E-state index contributed by atoms with van der Waals surface area (Å²) >= 11 is 3.41. The maximum Gasteiger partial charge on any atom is 0.243 e. The average Bonchev–Trinajstić information content (AvgIpc) is 4.02. The number of sulfonamides is 2. The lowest BCUT2D eigenvalue weighted by molar-refractivity contribution is -0.117. The number of amides is 2. The summed E-state index contributed by atoms with van der Waals surface area (Å²) in [7, 11) is -7.10. The molecule has 9 rings (SSSR count). The summed E-state index contributed by atoms with van der Waals surface area (Å²) in [6.07, 6.45) is 7.61. The molecule has 2 aromatic heterocycles. The molecule has 0 bridgehead atoms. The molecule has 2 N–H and O–H groups in total. The summed E-state index contributed by atoms with van der Waals surface area (Å²) in [5.41, 5.74) is 3.27. The highest BCUT2D eigenvalue weighted by Crippen LogP contribution is 2.37. The number of piperidine rings is 2. The van der Waals surface area contributed by atoms with Gasteiger partial charge in [-0.1, -0.05) is 51.0 Å². The van der Waals surface area contributed by atoms with Crippen molar-refractivity contribution in [3.05, 3.63) is 107 Å². The summed E-state index contributed by atoms with van der Waals surface area (Å²) in [6, 6.07) is 29.1. The fourth-order valence-corrected chi connectivity index (χ4v) is 13.3. The third-order valence-corrected chi connectivity index (χ3v) is 18.3. The minimum absolute atomic E-state index is 0.0469. The number of nitrogens with zero attached hydrogens (tertiary/aromatic N) is 4. The Kier molecular flexibility index (Phi) is 18.6. The van der Waals surface area contributed by atoms with Crippen molar-refractivity contribution in [1.29, 1.82) is 0 Å². The third-order valence-electron chi connectivity index (χ3n) is 12.0. The number of fused-ring (bicyclic) bond motifs is 2. The normalized spacial score (nSPS) is 16.6. The predicted octanol–water partition coefficient (Wildman–Crippen LogP) is 10.0. The van der Waals surface area contributed by atoms with Gasteiger partial charge < -0.3 is 20.1 Å². The lowest BCUT2D eigenvalue weighted by Crippen LogP contribution is -2.37. The van der Waals surface area contributed by atoms with Crippen LogP contribution in [0.25, 0.3) is 20.4 Å². The lowest BCUT2D eigenvalue weighted by atomic mass is 9.99. The van der Waals surface area contributed by atoms with Crippen LogP contribution >= 0.6 is 22.7 Å². The highest BCUT2D eigenvalue weighted by molar-refractivity contribution is 7.89. The number of carbonyl (C=O) groups excluding carboxylic acids is 2. The number of benzene rings is 4. The Morgan fingerprint density at radius 3 is 1.24 bits per heavy atom. The van der Waals surface area contributed by atoms with E-state index < -0.39 is 20.0 Å². The number of aromatic nitrogens is 2.